The summed E-state index contributed by atoms with van der Waals surface area (Å²) in [5.41, 5.74) is 0.988. The SMILES string of the molecule is Cc1noc(CC(NC(=O)Cn2ccnc2)c2ccccc2)n1. The van der Waals surface area contributed by atoms with Crippen LogP contribution in [0.4, 0.5) is 0 Å². The van der Waals surface area contributed by atoms with Gasteiger partial charge in [0, 0.05) is 12.4 Å². The number of carbonyl (C=O) groups excluding carboxylic acids is 1. The summed E-state index contributed by atoms with van der Waals surface area (Å²) in [5.74, 6) is 0.976. The Morgan fingerprint density at radius 2 is 2.17 bits per heavy atom. The zero-order valence-electron chi connectivity index (χ0n) is 12.7. The lowest BCUT2D eigenvalue weighted by Crippen LogP contribution is -2.32. The molecular weight excluding hydrogens is 294 g/mol. The normalized spacial score (nSPS) is 12.0. The van der Waals surface area contributed by atoms with E-state index in [9.17, 15) is 4.79 Å². The largest absolute Gasteiger partial charge is 0.347 e. The van der Waals surface area contributed by atoms with E-state index in [0.717, 1.165) is 5.56 Å². The number of hydrogen-bond donors (Lipinski definition) is 1. The number of amides is 1. The predicted octanol–water partition coefficient (Wildman–Crippen LogP) is 1.67. The van der Waals surface area contributed by atoms with Gasteiger partial charge in [0.1, 0.15) is 6.54 Å². The minimum Gasteiger partial charge on any atom is -0.347 e. The van der Waals surface area contributed by atoms with E-state index in [1.165, 1.54) is 0 Å². The molecular formula is C16H17N5O2. The third kappa shape index (κ3) is 4.03. The van der Waals surface area contributed by atoms with E-state index in [2.05, 4.69) is 20.4 Å². The second-order valence-electron chi connectivity index (χ2n) is 5.21. The zero-order chi connectivity index (χ0) is 16.1. The van der Waals surface area contributed by atoms with E-state index in [0.29, 0.717) is 18.1 Å². The van der Waals surface area contributed by atoms with Gasteiger partial charge < -0.3 is 14.4 Å². The molecule has 2 aromatic heterocycles. The molecule has 1 unspecified atom stereocenters. The van der Waals surface area contributed by atoms with E-state index >= 15 is 0 Å². The fourth-order valence-electron chi connectivity index (χ4n) is 2.32. The molecule has 118 valence electrons. The highest BCUT2D eigenvalue weighted by Crippen LogP contribution is 2.17. The van der Waals surface area contributed by atoms with Crippen LogP contribution in [0.1, 0.15) is 23.3 Å². The van der Waals surface area contributed by atoms with Crippen LogP contribution in [0.2, 0.25) is 0 Å². The quantitative estimate of drug-likeness (QED) is 0.748. The molecule has 7 heteroatoms. The van der Waals surface area contributed by atoms with Crippen LogP contribution >= 0.6 is 0 Å². The number of nitrogens with zero attached hydrogens (tertiary/aromatic N) is 4. The number of benzene rings is 1. The van der Waals surface area contributed by atoms with Gasteiger partial charge in [-0.3, -0.25) is 4.79 Å². The maximum Gasteiger partial charge on any atom is 0.240 e. The predicted molar refractivity (Wildman–Crippen MR) is 82.3 cm³/mol. The van der Waals surface area contributed by atoms with Crippen molar-refractivity contribution in [2.75, 3.05) is 0 Å². The lowest BCUT2D eigenvalue weighted by atomic mass is 10.0. The Morgan fingerprint density at radius 3 is 2.83 bits per heavy atom. The number of aromatic nitrogens is 4. The Labute approximate surface area is 133 Å². The minimum atomic E-state index is -0.230. The molecule has 3 rings (SSSR count). The summed E-state index contributed by atoms with van der Waals surface area (Å²) in [6.07, 6.45) is 5.45. The third-order valence-corrected chi connectivity index (χ3v) is 3.37. The van der Waals surface area contributed by atoms with Crippen molar-refractivity contribution >= 4 is 5.91 Å². The van der Waals surface area contributed by atoms with E-state index in [1.807, 2.05) is 30.3 Å². The van der Waals surface area contributed by atoms with E-state index in [-0.39, 0.29) is 18.5 Å². The second-order valence-corrected chi connectivity index (χ2v) is 5.21. The van der Waals surface area contributed by atoms with Gasteiger partial charge in [0.15, 0.2) is 5.82 Å². The first-order chi connectivity index (χ1) is 11.2. The Hall–Kier alpha value is -2.96. The topological polar surface area (TPSA) is 85.8 Å². The Balaban J connectivity index is 1.73. The van der Waals surface area contributed by atoms with Crippen molar-refractivity contribution in [3.8, 4) is 0 Å². The number of rotatable bonds is 6. The lowest BCUT2D eigenvalue weighted by Gasteiger charge is -2.17. The van der Waals surface area contributed by atoms with Crippen LogP contribution in [0.25, 0.3) is 0 Å². The average Bonchev–Trinajstić information content (AvgIpc) is 3.19. The van der Waals surface area contributed by atoms with Crippen LogP contribution in [0.3, 0.4) is 0 Å². The molecule has 1 N–H and O–H groups in total. The summed E-state index contributed by atoms with van der Waals surface area (Å²) in [6, 6.07) is 9.50. The van der Waals surface area contributed by atoms with Gasteiger partial charge in [-0.1, -0.05) is 35.5 Å². The molecule has 0 spiro atoms. The molecule has 7 nitrogen and oxygen atoms in total. The second kappa shape index (κ2) is 6.87. The van der Waals surface area contributed by atoms with Gasteiger partial charge in [-0.25, -0.2) is 4.98 Å². The fraction of sp³-hybridized carbons (Fsp3) is 0.250. The summed E-state index contributed by atoms with van der Waals surface area (Å²) in [7, 11) is 0. The molecule has 0 aliphatic heterocycles. The van der Waals surface area contributed by atoms with Crippen LogP contribution in [0.15, 0.2) is 53.6 Å². The number of nitrogens with one attached hydrogen (secondary N) is 1. The first-order valence-electron chi connectivity index (χ1n) is 7.30. The standard InChI is InChI=1S/C16H17N5O2/c1-12-18-16(23-20-12)9-14(13-5-3-2-4-6-13)19-15(22)10-21-8-7-17-11-21/h2-8,11,14H,9-10H2,1H3,(H,19,22). The number of aryl methyl sites for hydroxylation is 1. The maximum absolute atomic E-state index is 12.3. The Morgan fingerprint density at radius 1 is 1.35 bits per heavy atom. The van der Waals surface area contributed by atoms with Gasteiger partial charge in [0.05, 0.1) is 18.8 Å². The smallest absolute Gasteiger partial charge is 0.240 e. The van der Waals surface area contributed by atoms with Gasteiger partial charge >= 0.3 is 0 Å². The molecule has 0 aliphatic carbocycles. The number of imidazole rings is 1. The molecule has 0 radical (unpaired) electrons. The van der Waals surface area contributed by atoms with E-state index in [4.69, 9.17) is 4.52 Å². The zero-order valence-corrected chi connectivity index (χ0v) is 12.7. The molecule has 1 atom stereocenters. The summed E-state index contributed by atoms with van der Waals surface area (Å²) in [5, 5.41) is 6.81. The van der Waals surface area contributed by atoms with Gasteiger partial charge in [0.2, 0.25) is 11.8 Å². The van der Waals surface area contributed by atoms with Crippen molar-refractivity contribution in [2.45, 2.75) is 25.9 Å². The van der Waals surface area contributed by atoms with Crippen molar-refractivity contribution in [3.63, 3.8) is 0 Å². The van der Waals surface area contributed by atoms with Crippen LogP contribution in [0.5, 0.6) is 0 Å². The molecule has 0 fully saturated rings. The number of carbonyl (C=O) groups is 1. The van der Waals surface area contributed by atoms with Gasteiger partial charge in [-0.05, 0) is 12.5 Å². The van der Waals surface area contributed by atoms with Gasteiger partial charge in [-0.15, -0.1) is 0 Å². The highest BCUT2D eigenvalue weighted by Gasteiger charge is 2.18. The molecule has 0 saturated carbocycles. The third-order valence-electron chi connectivity index (χ3n) is 3.37. The summed E-state index contributed by atoms with van der Waals surface area (Å²) in [4.78, 5) is 20.4. The Bertz CT molecular complexity index is 752. The van der Waals surface area contributed by atoms with Crippen molar-refractivity contribution in [3.05, 3.63) is 66.3 Å². The van der Waals surface area contributed by atoms with Crippen LogP contribution in [0, 0.1) is 6.92 Å². The lowest BCUT2D eigenvalue weighted by molar-refractivity contribution is -0.122. The highest BCUT2D eigenvalue weighted by atomic mass is 16.5. The summed E-state index contributed by atoms with van der Waals surface area (Å²) < 4.78 is 6.89. The van der Waals surface area contributed by atoms with Crippen LogP contribution < -0.4 is 5.32 Å². The summed E-state index contributed by atoms with van der Waals surface area (Å²) in [6.45, 7) is 1.98. The van der Waals surface area contributed by atoms with Crippen molar-refractivity contribution < 1.29 is 9.32 Å². The average molecular weight is 311 g/mol. The number of hydrogen-bond acceptors (Lipinski definition) is 5. The first kappa shape index (κ1) is 15.0. The molecule has 2 heterocycles. The highest BCUT2D eigenvalue weighted by molar-refractivity contribution is 5.76. The molecule has 1 amide bonds. The van der Waals surface area contributed by atoms with Crippen LogP contribution in [-0.2, 0) is 17.8 Å². The van der Waals surface area contributed by atoms with Crippen molar-refractivity contribution in [2.24, 2.45) is 0 Å². The molecule has 0 aliphatic rings. The summed E-state index contributed by atoms with van der Waals surface area (Å²) >= 11 is 0. The molecule has 1 aromatic carbocycles. The van der Waals surface area contributed by atoms with Gasteiger partial charge in [-0.2, -0.15) is 4.98 Å². The van der Waals surface area contributed by atoms with E-state index in [1.54, 1.807) is 30.2 Å². The fourth-order valence-corrected chi connectivity index (χ4v) is 2.32. The molecule has 3 aromatic rings. The van der Waals surface area contributed by atoms with Crippen molar-refractivity contribution in [1.82, 2.24) is 25.0 Å². The first-order valence-corrected chi connectivity index (χ1v) is 7.30. The van der Waals surface area contributed by atoms with Crippen molar-refractivity contribution in [1.29, 1.82) is 0 Å². The van der Waals surface area contributed by atoms with Gasteiger partial charge in [0.25, 0.3) is 0 Å². The maximum atomic E-state index is 12.3. The molecule has 0 saturated heterocycles. The minimum absolute atomic E-state index is 0.104. The Kier molecular flexibility index (Phi) is 4.46. The van der Waals surface area contributed by atoms with Crippen LogP contribution in [-0.4, -0.2) is 25.6 Å². The van der Waals surface area contributed by atoms with E-state index < -0.39 is 0 Å². The monoisotopic (exact) mass is 311 g/mol. The molecule has 0 bridgehead atoms. The molecule has 23 heavy (non-hydrogen) atoms.